The quantitative estimate of drug-likeness (QED) is 0.600. The number of para-hydroxylation sites is 1. The van der Waals surface area contributed by atoms with Gasteiger partial charge in [0.05, 0.1) is 23.4 Å². The molecule has 2 aliphatic rings. The molecule has 8 nitrogen and oxygen atoms in total. The van der Waals surface area contributed by atoms with Crippen LogP contribution in [-0.2, 0) is 6.54 Å². The first kappa shape index (κ1) is 23.7. The van der Waals surface area contributed by atoms with E-state index in [2.05, 4.69) is 29.0 Å². The standard InChI is InChI=1S/C24H33ClN6O2/c1-3-29(4-2)13-14-30-22-17(16-31(24(30)33)21-8-6-5-7-20(21)25)15-26-23(28-22)27-18-9-11-19(32)12-10-18/h5-8,15,18-19,32H,3-4,9-14,16H2,1-2H3,(H,26,27,28)/t18-,19-. The largest absolute Gasteiger partial charge is 0.393 e. The number of nitrogens with zero attached hydrogens (tertiary/aromatic N) is 5. The maximum absolute atomic E-state index is 13.6. The zero-order valence-corrected chi connectivity index (χ0v) is 20.1. The third-order valence-corrected chi connectivity index (χ3v) is 6.91. The lowest BCUT2D eigenvalue weighted by Crippen LogP contribution is -2.50. The lowest BCUT2D eigenvalue weighted by molar-refractivity contribution is 0.126. The summed E-state index contributed by atoms with van der Waals surface area (Å²) in [5, 5.41) is 13.7. The molecular weight excluding hydrogens is 440 g/mol. The van der Waals surface area contributed by atoms with Gasteiger partial charge in [0.25, 0.3) is 0 Å². The number of hydrogen-bond acceptors (Lipinski definition) is 6. The molecular formula is C24H33ClN6O2. The van der Waals surface area contributed by atoms with Crippen molar-refractivity contribution in [3.8, 4) is 0 Å². The molecule has 0 saturated heterocycles. The number of carbonyl (C=O) groups excluding carboxylic acids is 1. The van der Waals surface area contributed by atoms with Crippen LogP contribution < -0.4 is 15.1 Å². The predicted molar refractivity (Wildman–Crippen MR) is 132 cm³/mol. The van der Waals surface area contributed by atoms with E-state index < -0.39 is 0 Å². The van der Waals surface area contributed by atoms with Crippen molar-refractivity contribution >= 4 is 35.1 Å². The molecule has 2 aromatic rings. The number of aliphatic hydroxyl groups is 1. The first-order chi connectivity index (χ1) is 16.0. The first-order valence-corrected chi connectivity index (χ1v) is 12.2. The summed E-state index contributed by atoms with van der Waals surface area (Å²) in [6.07, 6.45) is 4.92. The van der Waals surface area contributed by atoms with E-state index in [0.29, 0.717) is 35.6 Å². The molecule has 4 rings (SSSR count). The summed E-state index contributed by atoms with van der Waals surface area (Å²) < 4.78 is 0. The first-order valence-electron chi connectivity index (χ1n) is 11.9. The Labute approximate surface area is 200 Å². The minimum atomic E-state index is -0.212. The van der Waals surface area contributed by atoms with Crippen LogP contribution in [0.4, 0.5) is 22.2 Å². The number of urea groups is 1. The molecule has 1 fully saturated rings. The van der Waals surface area contributed by atoms with Crippen LogP contribution in [0.25, 0.3) is 0 Å². The van der Waals surface area contributed by atoms with Gasteiger partial charge in [0.15, 0.2) is 0 Å². The van der Waals surface area contributed by atoms with Crippen LogP contribution in [0.3, 0.4) is 0 Å². The number of carbonyl (C=O) groups is 1. The van der Waals surface area contributed by atoms with Crippen LogP contribution in [0, 0.1) is 0 Å². The molecule has 0 bridgehead atoms. The van der Waals surface area contributed by atoms with Gasteiger partial charge in [-0.25, -0.2) is 9.78 Å². The Bertz CT molecular complexity index is 962. The van der Waals surface area contributed by atoms with Crippen molar-refractivity contribution in [2.45, 2.75) is 58.2 Å². The molecule has 9 heteroatoms. The third kappa shape index (κ3) is 5.39. The molecule has 2 heterocycles. The summed E-state index contributed by atoms with van der Waals surface area (Å²) in [6, 6.07) is 7.50. The van der Waals surface area contributed by atoms with Gasteiger partial charge >= 0.3 is 6.03 Å². The fourth-order valence-corrected chi connectivity index (χ4v) is 4.77. The lowest BCUT2D eigenvalue weighted by Gasteiger charge is -2.37. The average molecular weight is 473 g/mol. The van der Waals surface area contributed by atoms with Gasteiger partial charge < -0.3 is 15.3 Å². The van der Waals surface area contributed by atoms with E-state index >= 15 is 0 Å². The number of anilines is 3. The smallest absolute Gasteiger partial charge is 0.330 e. The molecule has 1 saturated carbocycles. The number of aliphatic hydroxyl groups excluding tert-OH is 1. The van der Waals surface area contributed by atoms with Crippen molar-refractivity contribution in [2.75, 3.05) is 41.3 Å². The second kappa shape index (κ2) is 10.7. The van der Waals surface area contributed by atoms with Crippen LogP contribution in [0.2, 0.25) is 5.02 Å². The molecule has 33 heavy (non-hydrogen) atoms. The number of nitrogens with one attached hydrogen (secondary N) is 1. The molecule has 0 spiro atoms. The van der Waals surface area contributed by atoms with Gasteiger partial charge in [-0.1, -0.05) is 37.6 Å². The van der Waals surface area contributed by atoms with Crippen LogP contribution in [0.15, 0.2) is 30.5 Å². The molecule has 2 N–H and O–H groups in total. The zero-order chi connectivity index (χ0) is 23.4. The Morgan fingerprint density at radius 3 is 2.61 bits per heavy atom. The summed E-state index contributed by atoms with van der Waals surface area (Å²) in [7, 11) is 0. The van der Waals surface area contributed by atoms with Crippen LogP contribution in [-0.4, -0.2) is 64.3 Å². The maximum Gasteiger partial charge on any atom is 0.330 e. The van der Waals surface area contributed by atoms with Crippen molar-refractivity contribution in [3.05, 3.63) is 41.0 Å². The normalized spacial score (nSPS) is 20.8. The highest BCUT2D eigenvalue weighted by Crippen LogP contribution is 2.34. The van der Waals surface area contributed by atoms with Crippen molar-refractivity contribution in [3.63, 3.8) is 0 Å². The maximum atomic E-state index is 13.6. The molecule has 1 aromatic heterocycles. The summed E-state index contributed by atoms with van der Waals surface area (Å²) in [5.41, 5.74) is 1.57. The van der Waals surface area contributed by atoms with Gasteiger partial charge in [0.2, 0.25) is 5.95 Å². The summed E-state index contributed by atoms with van der Waals surface area (Å²) in [5.74, 6) is 1.19. The molecule has 178 valence electrons. The average Bonchev–Trinajstić information content (AvgIpc) is 2.83. The highest BCUT2D eigenvalue weighted by molar-refractivity contribution is 6.34. The Morgan fingerprint density at radius 1 is 1.18 bits per heavy atom. The van der Waals surface area contributed by atoms with Gasteiger partial charge in [-0.15, -0.1) is 0 Å². The number of fused-ring (bicyclic) bond motifs is 1. The summed E-state index contributed by atoms with van der Waals surface area (Å²) in [4.78, 5) is 28.7. The van der Waals surface area contributed by atoms with Crippen LogP contribution >= 0.6 is 11.6 Å². The van der Waals surface area contributed by atoms with Crippen molar-refractivity contribution in [2.24, 2.45) is 0 Å². The van der Waals surface area contributed by atoms with Gasteiger partial charge in [0, 0.05) is 30.9 Å². The number of hydrogen-bond donors (Lipinski definition) is 2. The predicted octanol–water partition coefficient (Wildman–Crippen LogP) is 4.13. The SMILES string of the molecule is CCN(CC)CCN1C(=O)N(c2ccccc2Cl)Cc2cnc(N[C@H]3CC[C@H](O)CC3)nc21. The molecule has 1 aliphatic heterocycles. The van der Waals surface area contributed by atoms with Crippen LogP contribution in [0.1, 0.15) is 45.1 Å². The Kier molecular flexibility index (Phi) is 7.67. The second-order valence-corrected chi connectivity index (χ2v) is 9.10. The molecule has 1 aliphatic carbocycles. The van der Waals surface area contributed by atoms with E-state index in [1.807, 2.05) is 24.4 Å². The van der Waals surface area contributed by atoms with Gasteiger partial charge in [-0.05, 0) is 50.9 Å². The fraction of sp³-hybridized carbons (Fsp3) is 0.542. The number of aromatic nitrogens is 2. The van der Waals surface area contributed by atoms with Crippen LogP contribution in [0.5, 0.6) is 0 Å². The molecule has 0 unspecified atom stereocenters. The summed E-state index contributed by atoms with van der Waals surface area (Å²) >= 11 is 6.43. The number of rotatable bonds is 8. The van der Waals surface area contributed by atoms with E-state index in [1.165, 1.54) is 0 Å². The number of amides is 2. The molecule has 0 radical (unpaired) electrons. The van der Waals surface area contributed by atoms with Crippen molar-refractivity contribution in [1.82, 2.24) is 14.9 Å². The lowest BCUT2D eigenvalue weighted by atomic mass is 9.93. The van der Waals surface area contributed by atoms with Gasteiger partial charge in [-0.2, -0.15) is 4.98 Å². The molecule has 0 atom stereocenters. The number of benzene rings is 1. The van der Waals surface area contributed by atoms with Crippen molar-refractivity contribution < 1.29 is 9.90 Å². The Balaban J connectivity index is 1.62. The number of halogens is 1. The van der Waals surface area contributed by atoms with E-state index in [1.54, 1.807) is 15.9 Å². The van der Waals surface area contributed by atoms with Gasteiger partial charge in [-0.3, -0.25) is 9.80 Å². The molecule has 2 amide bonds. The zero-order valence-electron chi connectivity index (χ0n) is 19.4. The van der Waals surface area contributed by atoms with E-state index in [0.717, 1.165) is 50.9 Å². The fourth-order valence-electron chi connectivity index (χ4n) is 4.53. The van der Waals surface area contributed by atoms with E-state index in [9.17, 15) is 9.90 Å². The second-order valence-electron chi connectivity index (χ2n) is 8.69. The van der Waals surface area contributed by atoms with E-state index in [4.69, 9.17) is 16.6 Å². The monoisotopic (exact) mass is 472 g/mol. The van der Waals surface area contributed by atoms with E-state index in [-0.39, 0.29) is 18.2 Å². The number of likely N-dealkylation sites (N-methyl/N-ethyl adjacent to an activating group) is 1. The summed E-state index contributed by atoms with van der Waals surface area (Å²) in [6.45, 7) is 7.74. The topological polar surface area (TPSA) is 84.8 Å². The third-order valence-electron chi connectivity index (χ3n) is 6.60. The molecule has 1 aromatic carbocycles. The minimum Gasteiger partial charge on any atom is -0.393 e. The van der Waals surface area contributed by atoms with Gasteiger partial charge in [0.1, 0.15) is 5.82 Å². The van der Waals surface area contributed by atoms with Crippen molar-refractivity contribution in [1.29, 1.82) is 0 Å². The Morgan fingerprint density at radius 2 is 1.91 bits per heavy atom. The highest BCUT2D eigenvalue weighted by atomic mass is 35.5. The Hall–Kier alpha value is -2.42. The highest BCUT2D eigenvalue weighted by Gasteiger charge is 2.34. The minimum absolute atomic E-state index is 0.131.